The second kappa shape index (κ2) is 9.32. The molecule has 0 spiro atoms. The van der Waals surface area contributed by atoms with Crippen molar-refractivity contribution >= 4 is 28.6 Å². The molecule has 1 N–H and O–H groups in total. The van der Waals surface area contributed by atoms with Crippen LogP contribution in [-0.2, 0) is 17.8 Å². The highest BCUT2D eigenvalue weighted by Crippen LogP contribution is 2.32. The van der Waals surface area contributed by atoms with Crippen LogP contribution in [0.1, 0.15) is 16.7 Å². The smallest absolute Gasteiger partial charge is 0.231 e. The summed E-state index contributed by atoms with van der Waals surface area (Å²) in [5.74, 6) is 1.73. The molecule has 0 saturated carbocycles. The summed E-state index contributed by atoms with van der Waals surface area (Å²) in [5, 5.41) is 4.98. The molecule has 0 unspecified atom stereocenters. The molecule has 0 radical (unpaired) electrons. The fraction of sp³-hybridized carbons (Fsp3) is 0.154. The van der Waals surface area contributed by atoms with E-state index in [0.29, 0.717) is 12.3 Å². The Hall–Kier alpha value is -3.51. The fourth-order valence-corrected chi connectivity index (χ4v) is 4.50. The SMILES string of the molecule is O=C(CSc1nc2ccccc2cc1Cc1ccccc1)NCc1ccc2c(c1)OCO2. The first-order valence-corrected chi connectivity index (χ1v) is 11.4. The first kappa shape index (κ1) is 20.4. The summed E-state index contributed by atoms with van der Waals surface area (Å²) in [7, 11) is 0. The number of nitrogens with one attached hydrogen (secondary N) is 1. The van der Waals surface area contributed by atoms with E-state index < -0.39 is 0 Å². The summed E-state index contributed by atoms with van der Waals surface area (Å²) in [6, 6.07) is 26.3. The molecule has 1 amide bonds. The van der Waals surface area contributed by atoms with E-state index in [2.05, 4.69) is 29.6 Å². The van der Waals surface area contributed by atoms with Gasteiger partial charge in [0, 0.05) is 18.4 Å². The van der Waals surface area contributed by atoms with E-state index in [0.717, 1.165) is 45.0 Å². The monoisotopic (exact) mass is 442 g/mol. The van der Waals surface area contributed by atoms with E-state index in [-0.39, 0.29) is 12.7 Å². The van der Waals surface area contributed by atoms with E-state index in [1.807, 2.05) is 54.6 Å². The van der Waals surface area contributed by atoms with Crippen molar-refractivity contribution in [2.24, 2.45) is 0 Å². The van der Waals surface area contributed by atoms with E-state index in [1.165, 1.54) is 17.3 Å². The van der Waals surface area contributed by atoms with Crippen molar-refractivity contribution in [2.45, 2.75) is 18.0 Å². The summed E-state index contributed by atoms with van der Waals surface area (Å²) < 4.78 is 10.7. The van der Waals surface area contributed by atoms with Crippen LogP contribution in [0.25, 0.3) is 10.9 Å². The summed E-state index contributed by atoms with van der Waals surface area (Å²) in [5.41, 5.74) is 4.26. The first-order valence-electron chi connectivity index (χ1n) is 10.5. The number of hydrogen-bond donors (Lipinski definition) is 1. The molecule has 1 aliphatic rings. The highest BCUT2D eigenvalue weighted by molar-refractivity contribution is 7.99. The van der Waals surface area contributed by atoms with Gasteiger partial charge in [-0.15, -0.1) is 0 Å². The van der Waals surface area contributed by atoms with Crippen molar-refractivity contribution in [3.63, 3.8) is 0 Å². The minimum Gasteiger partial charge on any atom is -0.454 e. The molecule has 5 nitrogen and oxygen atoms in total. The quantitative estimate of drug-likeness (QED) is 0.410. The van der Waals surface area contributed by atoms with Gasteiger partial charge >= 0.3 is 0 Å². The third-order valence-corrected chi connectivity index (χ3v) is 6.30. The van der Waals surface area contributed by atoms with Gasteiger partial charge in [0.15, 0.2) is 11.5 Å². The Bertz CT molecular complexity index is 1260. The number of para-hydroxylation sites is 1. The minimum absolute atomic E-state index is 0.0340. The zero-order valence-electron chi connectivity index (χ0n) is 17.4. The first-order chi connectivity index (χ1) is 15.7. The van der Waals surface area contributed by atoms with E-state index in [1.54, 1.807) is 0 Å². The molecule has 0 fully saturated rings. The average molecular weight is 443 g/mol. The Morgan fingerprint density at radius 1 is 0.906 bits per heavy atom. The van der Waals surface area contributed by atoms with Gasteiger partial charge in [-0.25, -0.2) is 4.98 Å². The highest BCUT2D eigenvalue weighted by atomic mass is 32.2. The molecular weight excluding hydrogens is 420 g/mol. The number of fused-ring (bicyclic) bond motifs is 2. The Kier molecular flexibility index (Phi) is 5.94. The van der Waals surface area contributed by atoms with Gasteiger partial charge in [-0.2, -0.15) is 0 Å². The van der Waals surface area contributed by atoms with Crippen molar-refractivity contribution in [2.75, 3.05) is 12.5 Å². The predicted octanol–water partition coefficient (Wildman–Crippen LogP) is 4.96. The largest absolute Gasteiger partial charge is 0.454 e. The van der Waals surface area contributed by atoms with Crippen LogP contribution in [0.2, 0.25) is 0 Å². The zero-order chi connectivity index (χ0) is 21.8. The van der Waals surface area contributed by atoms with Gasteiger partial charge in [0.1, 0.15) is 5.03 Å². The number of benzene rings is 3. The van der Waals surface area contributed by atoms with Gasteiger partial charge in [-0.1, -0.05) is 66.4 Å². The lowest BCUT2D eigenvalue weighted by molar-refractivity contribution is -0.118. The summed E-state index contributed by atoms with van der Waals surface area (Å²) in [6.07, 6.45) is 0.778. The van der Waals surface area contributed by atoms with Gasteiger partial charge in [0.05, 0.1) is 11.3 Å². The van der Waals surface area contributed by atoms with E-state index >= 15 is 0 Å². The fourth-order valence-electron chi connectivity index (χ4n) is 3.65. The second-order valence-corrected chi connectivity index (χ2v) is 8.52. The number of ether oxygens (including phenoxy) is 2. The maximum atomic E-state index is 12.5. The zero-order valence-corrected chi connectivity index (χ0v) is 18.2. The number of thioether (sulfide) groups is 1. The number of rotatable bonds is 7. The van der Waals surface area contributed by atoms with Gasteiger partial charge in [-0.05, 0) is 41.0 Å². The number of amides is 1. The van der Waals surface area contributed by atoms with Crippen molar-refractivity contribution < 1.29 is 14.3 Å². The number of pyridine rings is 1. The number of carbonyl (C=O) groups is 1. The second-order valence-electron chi connectivity index (χ2n) is 7.56. The minimum atomic E-state index is -0.0340. The van der Waals surface area contributed by atoms with Crippen LogP contribution in [-0.4, -0.2) is 23.4 Å². The van der Waals surface area contributed by atoms with Gasteiger partial charge in [-0.3, -0.25) is 4.79 Å². The van der Waals surface area contributed by atoms with Crippen LogP contribution in [0.3, 0.4) is 0 Å². The van der Waals surface area contributed by atoms with E-state index in [4.69, 9.17) is 14.5 Å². The molecule has 1 aromatic heterocycles. The lowest BCUT2D eigenvalue weighted by Crippen LogP contribution is -2.24. The van der Waals surface area contributed by atoms with Crippen LogP contribution in [0.4, 0.5) is 0 Å². The number of hydrogen-bond acceptors (Lipinski definition) is 5. The molecule has 1 aliphatic heterocycles. The van der Waals surface area contributed by atoms with Crippen LogP contribution in [0.5, 0.6) is 11.5 Å². The number of carbonyl (C=O) groups excluding carboxylic acids is 1. The lowest BCUT2D eigenvalue weighted by Gasteiger charge is -2.11. The summed E-state index contributed by atoms with van der Waals surface area (Å²) in [4.78, 5) is 17.4. The Morgan fingerprint density at radius 3 is 2.62 bits per heavy atom. The number of nitrogens with zero attached hydrogens (tertiary/aromatic N) is 1. The van der Waals surface area contributed by atoms with Crippen molar-refractivity contribution in [3.05, 3.63) is 95.6 Å². The van der Waals surface area contributed by atoms with Crippen molar-refractivity contribution in [1.82, 2.24) is 10.3 Å². The highest BCUT2D eigenvalue weighted by Gasteiger charge is 2.14. The molecule has 0 saturated heterocycles. The molecule has 160 valence electrons. The molecule has 32 heavy (non-hydrogen) atoms. The molecule has 3 aromatic carbocycles. The van der Waals surface area contributed by atoms with Crippen molar-refractivity contribution in [1.29, 1.82) is 0 Å². The molecule has 4 aromatic rings. The Morgan fingerprint density at radius 2 is 1.72 bits per heavy atom. The lowest BCUT2D eigenvalue weighted by atomic mass is 10.0. The third kappa shape index (κ3) is 4.70. The maximum absolute atomic E-state index is 12.5. The molecular formula is C26H22N2O3S. The molecule has 0 aliphatic carbocycles. The average Bonchev–Trinajstić information content (AvgIpc) is 3.30. The normalized spacial score (nSPS) is 12.1. The molecule has 6 heteroatoms. The topological polar surface area (TPSA) is 60.5 Å². The van der Waals surface area contributed by atoms with Gasteiger partial charge < -0.3 is 14.8 Å². The van der Waals surface area contributed by atoms with Crippen LogP contribution >= 0.6 is 11.8 Å². The predicted molar refractivity (Wildman–Crippen MR) is 126 cm³/mol. The van der Waals surface area contributed by atoms with Gasteiger partial charge in [0.25, 0.3) is 0 Å². The van der Waals surface area contributed by atoms with Crippen LogP contribution in [0, 0.1) is 0 Å². The van der Waals surface area contributed by atoms with Crippen LogP contribution < -0.4 is 14.8 Å². The maximum Gasteiger partial charge on any atom is 0.231 e. The standard InChI is InChI=1S/C26H22N2O3S/c29-25(27-15-19-10-11-23-24(13-19)31-17-30-23)16-32-26-21(12-18-6-2-1-3-7-18)14-20-8-4-5-9-22(20)28-26/h1-11,13-14H,12,15-17H2,(H,27,29). The molecule has 0 atom stereocenters. The number of aromatic nitrogens is 1. The summed E-state index contributed by atoms with van der Waals surface area (Å²) in [6.45, 7) is 0.684. The molecule has 5 rings (SSSR count). The summed E-state index contributed by atoms with van der Waals surface area (Å²) >= 11 is 1.48. The van der Waals surface area contributed by atoms with Crippen LogP contribution in [0.15, 0.2) is 83.9 Å². The third-order valence-electron chi connectivity index (χ3n) is 5.27. The van der Waals surface area contributed by atoms with Crippen molar-refractivity contribution in [3.8, 4) is 11.5 Å². The molecule has 0 bridgehead atoms. The Labute approximate surface area is 190 Å². The Balaban J connectivity index is 1.27. The molecule has 2 heterocycles. The van der Waals surface area contributed by atoms with E-state index in [9.17, 15) is 4.79 Å². The van der Waals surface area contributed by atoms with Gasteiger partial charge in [0.2, 0.25) is 12.7 Å².